The normalized spacial score (nSPS) is 14.9. The minimum Gasteiger partial charge on any atom is -0.252 e. The van der Waals surface area contributed by atoms with E-state index in [4.69, 9.17) is 10.1 Å². The lowest BCUT2D eigenvalue weighted by Crippen LogP contribution is -2.13. The van der Waals surface area contributed by atoms with Crippen LogP contribution in [0.4, 0.5) is 15.8 Å². The van der Waals surface area contributed by atoms with Gasteiger partial charge < -0.3 is 0 Å². The van der Waals surface area contributed by atoms with Crippen molar-refractivity contribution in [2.45, 2.75) is 19.3 Å². The fourth-order valence-corrected chi connectivity index (χ4v) is 4.96. The van der Waals surface area contributed by atoms with E-state index in [1.807, 2.05) is 47.8 Å². The summed E-state index contributed by atoms with van der Waals surface area (Å²) in [5.41, 5.74) is 8.50. The van der Waals surface area contributed by atoms with Crippen LogP contribution >= 0.6 is 22.7 Å². The Bertz CT molecular complexity index is 1190. The third-order valence-electron chi connectivity index (χ3n) is 4.85. The van der Waals surface area contributed by atoms with Gasteiger partial charge in [-0.15, -0.1) is 21.6 Å². The van der Waals surface area contributed by atoms with Crippen molar-refractivity contribution in [1.29, 1.82) is 0 Å². The van der Waals surface area contributed by atoms with Crippen LogP contribution in [0.25, 0.3) is 10.6 Å². The first-order chi connectivity index (χ1) is 14.9. The van der Waals surface area contributed by atoms with E-state index in [9.17, 15) is 0 Å². The number of aromatic nitrogens is 1. The summed E-state index contributed by atoms with van der Waals surface area (Å²) in [5, 5.41) is 17.1. The smallest absolute Gasteiger partial charge is 0.206 e. The molecule has 4 aromatic rings. The number of hydrogen-bond donors (Lipinski definition) is 1. The lowest BCUT2D eigenvalue weighted by molar-refractivity contribution is 0.837. The first-order valence-corrected chi connectivity index (χ1v) is 11.5. The maximum atomic E-state index is 4.76. The zero-order chi connectivity index (χ0) is 20.2. The first-order valence-electron chi connectivity index (χ1n) is 9.79. The number of anilines is 1. The van der Waals surface area contributed by atoms with Gasteiger partial charge in [0.05, 0.1) is 16.3 Å². The van der Waals surface area contributed by atoms with Gasteiger partial charge in [-0.2, -0.15) is 5.10 Å². The number of benzene rings is 2. The Morgan fingerprint density at radius 1 is 0.867 bits per heavy atom. The summed E-state index contributed by atoms with van der Waals surface area (Å²) in [4.78, 5) is 5.83. The van der Waals surface area contributed by atoms with Crippen molar-refractivity contribution >= 4 is 44.2 Å². The molecular weight excluding hydrogens is 410 g/mol. The Labute approximate surface area is 182 Å². The average Bonchev–Trinajstić information content (AvgIpc) is 3.47. The second kappa shape index (κ2) is 8.69. The molecule has 1 aliphatic carbocycles. The number of rotatable bonds is 5. The molecule has 0 bridgehead atoms. The van der Waals surface area contributed by atoms with Crippen LogP contribution in [0.1, 0.15) is 24.0 Å². The molecule has 0 saturated carbocycles. The summed E-state index contributed by atoms with van der Waals surface area (Å²) in [6.45, 7) is 0. The standard InChI is InChI=1S/C23H19N5S2/c1-2-10-17(11-3-1)25-27-22-21(20-14-7-15-29-20)24-23(30-22)28-26-19-13-6-9-16-8-4-5-12-18(16)19/h1-5,7-8,10-12,14-15H,6,9,13H2,(H,24,28)/b26-19+,27-25?. The number of hydrogen-bond acceptors (Lipinski definition) is 7. The molecule has 30 heavy (non-hydrogen) atoms. The van der Waals surface area contributed by atoms with Gasteiger partial charge in [0.1, 0.15) is 5.69 Å². The van der Waals surface area contributed by atoms with Gasteiger partial charge in [-0.3, -0.25) is 5.43 Å². The number of nitrogens with one attached hydrogen (secondary N) is 1. The summed E-state index contributed by atoms with van der Waals surface area (Å²) in [6.07, 6.45) is 3.19. The van der Waals surface area contributed by atoms with Crippen LogP contribution in [-0.2, 0) is 6.42 Å². The maximum Gasteiger partial charge on any atom is 0.206 e. The SMILES string of the molecule is c1ccc(N=Nc2sc(N/N=C3\CCCc4ccccc43)nc2-c2cccs2)cc1. The Balaban J connectivity index is 1.45. The molecule has 0 atom stereocenters. The highest BCUT2D eigenvalue weighted by Gasteiger charge is 2.17. The zero-order valence-corrected chi connectivity index (χ0v) is 17.8. The van der Waals surface area contributed by atoms with Gasteiger partial charge in [-0.25, -0.2) is 4.98 Å². The number of nitrogens with zero attached hydrogens (tertiary/aromatic N) is 4. The summed E-state index contributed by atoms with van der Waals surface area (Å²) in [7, 11) is 0. The van der Waals surface area contributed by atoms with Gasteiger partial charge in [0.2, 0.25) is 5.13 Å². The third-order valence-corrected chi connectivity index (χ3v) is 6.57. The zero-order valence-electron chi connectivity index (χ0n) is 16.2. The van der Waals surface area contributed by atoms with E-state index in [2.05, 4.69) is 39.9 Å². The van der Waals surface area contributed by atoms with Crippen molar-refractivity contribution in [2.24, 2.45) is 15.3 Å². The van der Waals surface area contributed by atoms with Gasteiger partial charge in [-0.1, -0.05) is 59.9 Å². The second-order valence-electron chi connectivity index (χ2n) is 6.87. The Morgan fingerprint density at radius 3 is 2.60 bits per heavy atom. The number of hydrazone groups is 1. The molecule has 0 saturated heterocycles. The number of fused-ring (bicyclic) bond motifs is 1. The van der Waals surface area contributed by atoms with E-state index in [0.717, 1.165) is 51.4 Å². The molecule has 1 aliphatic rings. The van der Waals surface area contributed by atoms with Crippen LogP contribution < -0.4 is 5.43 Å². The van der Waals surface area contributed by atoms with Crippen LogP contribution in [0, 0.1) is 0 Å². The minimum atomic E-state index is 0.718. The number of thiophene rings is 1. The highest BCUT2D eigenvalue weighted by molar-refractivity contribution is 7.20. The molecule has 0 unspecified atom stereocenters. The van der Waals surface area contributed by atoms with Crippen LogP contribution in [0.15, 0.2) is 87.4 Å². The first kappa shape index (κ1) is 18.8. The quantitative estimate of drug-likeness (QED) is 0.265. The monoisotopic (exact) mass is 429 g/mol. The molecule has 5 rings (SSSR count). The van der Waals surface area contributed by atoms with E-state index < -0.39 is 0 Å². The molecular formula is C23H19N5S2. The van der Waals surface area contributed by atoms with Crippen LogP contribution in [-0.4, -0.2) is 10.7 Å². The van der Waals surface area contributed by atoms with E-state index in [-0.39, 0.29) is 0 Å². The van der Waals surface area contributed by atoms with E-state index in [1.54, 1.807) is 11.3 Å². The van der Waals surface area contributed by atoms with Gasteiger partial charge in [0, 0.05) is 5.56 Å². The Morgan fingerprint density at radius 2 is 1.73 bits per heavy atom. The predicted molar refractivity (Wildman–Crippen MR) is 126 cm³/mol. The van der Waals surface area contributed by atoms with E-state index in [0.29, 0.717) is 0 Å². The molecule has 7 heteroatoms. The Hall–Kier alpha value is -3.16. The lowest BCUT2D eigenvalue weighted by atomic mass is 9.90. The van der Waals surface area contributed by atoms with Crippen molar-refractivity contribution in [1.82, 2.24) is 4.98 Å². The van der Waals surface area contributed by atoms with Crippen molar-refractivity contribution < 1.29 is 0 Å². The van der Waals surface area contributed by atoms with Gasteiger partial charge in [-0.05, 0) is 48.4 Å². The number of thiazole rings is 1. The van der Waals surface area contributed by atoms with E-state index >= 15 is 0 Å². The largest absolute Gasteiger partial charge is 0.252 e. The van der Waals surface area contributed by atoms with Crippen molar-refractivity contribution in [3.8, 4) is 10.6 Å². The topological polar surface area (TPSA) is 62.0 Å². The number of azo groups is 1. The van der Waals surface area contributed by atoms with Gasteiger partial charge >= 0.3 is 0 Å². The summed E-state index contributed by atoms with van der Waals surface area (Å²) in [5.74, 6) is 0. The van der Waals surface area contributed by atoms with E-state index in [1.165, 1.54) is 22.5 Å². The molecule has 2 heterocycles. The molecule has 2 aromatic heterocycles. The van der Waals surface area contributed by atoms with Crippen molar-refractivity contribution in [3.63, 3.8) is 0 Å². The van der Waals surface area contributed by atoms with Gasteiger partial charge in [0.15, 0.2) is 5.00 Å². The molecule has 2 aromatic carbocycles. The molecule has 0 aliphatic heterocycles. The second-order valence-corrected chi connectivity index (χ2v) is 8.79. The summed E-state index contributed by atoms with van der Waals surface area (Å²) < 4.78 is 0. The summed E-state index contributed by atoms with van der Waals surface area (Å²) in [6, 6.07) is 22.3. The molecule has 0 spiro atoms. The number of aryl methyl sites for hydroxylation is 1. The highest BCUT2D eigenvalue weighted by Crippen LogP contribution is 2.40. The van der Waals surface area contributed by atoms with Gasteiger partial charge in [0.25, 0.3) is 0 Å². The van der Waals surface area contributed by atoms with Crippen molar-refractivity contribution in [2.75, 3.05) is 5.43 Å². The summed E-state index contributed by atoms with van der Waals surface area (Å²) >= 11 is 3.10. The van der Waals surface area contributed by atoms with Crippen LogP contribution in [0.5, 0.6) is 0 Å². The highest BCUT2D eigenvalue weighted by atomic mass is 32.1. The molecule has 0 radical (unpaired) electrons. The fraction of sp³-hybridized carbons (Fsp3) is 0.130. The maximum absolute atomic E-state index is 4.76. The third kappa shape index (κ3) is 4.08. The lowest BCUT2D eigenvalue weighted by Gasteiger charge is -2.17. The molecule has 0 fully saturated rings. The molecule has 0 amide bonds. The Kier molecular flexibility index (Phi) is 5.46. The average molecular weight is 430 g/mol. The van der Waals surface area contributed by atoms with Crippen molar-refractivity contribution in [3.05, 3.63) is 83.2 Å². The molecule has 1 N–H and O–H groups in total. The molecule has 5 nitrogen and oxygen atoms in total. The van der Waals surface area contributed by atoms with Crippen LogP contribution in [0.3, 0.4) is 0 Å². The minimum absolute atomic E-state index is 0.718. The predicted octanol–water partition coefficient (Wildman–Crippen LogP) is 7.44. The van der Waals surface area contributed by atoms with Crippen LogP contribution in [0.2, 0.25) is 0 Å². The fourth-order valence-electron chi connectivity index (χ4n) is 3.43. The molecule has 148 valence electrons.